The second-order valence-electron chi connectivity index (χ2n) is 5.62. The SMILES string of the molecule is CC1(C(=O)O)CCCC1NC(=O)NCc1cccc(Br)c1. The minimum absolute atomic E-state index is 0.322. The highest BCUT2D eigenvalue weighted by molar-refractivity contribution is 9.10. The second-order valence-corrected chi connectivity index (χ2v) is 6.54. The monoisotopic (exact) mass is 354 g/mol. The van der Waals surface area contributed by atoms with Crippen molar-refractivity contribution in [1.29, 1.82) is 0 Å². The van der Waals surface area contributed by atoms with Crippen LogP contribution < -0.4 is 10.6 Å². The zero-order chi connectivity index (χ0) is 15.5. The van der Waals surface area contributed by atoms with Crippen molar-refractivity contribution in [3.05, 3.63) is 34.3 Å². The fourth-order valence-corrected chi connectivity index (χ4v) is 3.14. The van der Waals surface area contributed by atoms with Gasteiger partial charge >= 0.3 is 12.0 Å². The Morgan fingerprint density at radius 3 is 2.90 bits per heavy atom. The van der Waals surface area contributed by atoms with Gasteiger partial charge in [0, 0.05) is 17.1 Å². The molecular formula is C15H19BrN2O3. The number of carbonyl (C=O) groups excluding carboxylic acids is 1. The van der Waals surface area contributed by atoms with E-state index in [2.05, 4.69) is 26.6 Å². The summed E-state index contributed by atoms with van der Waals surface area (Å²) in [6.07, 6.45) is 2.12. The number of halogens is 1. The minimum atomic E-state index is -0.868. The molecule has 0 spiro atoms. The summed E-state index contributed by atoms with van der Waals surface area (Å²) >= 11 is 3.38. The molecule has 0 saturated heterocycles. The van der Waals surface area contributed by atoms with Crippen molar-refractivity contribution in [2.75, 3.05) is 0 Å². The molecule has 3 N–H and O–H groups in total. The number of amides is 2. The summed E-state index contributed by atoms with van der Waals surface area (Å²) in [5, 5.41) is 14.9. The number of urea groups is 1. The molecule has 1 aliphatic carbocycles. The van der Waals surface area contributed by atoms with Gasteiger partial charge in [-0.3, -0.25) is 4.79 Å². The van der Waals surface area contributed by atoms with E-state index in [1.54, 1.807) is 6.92 Å². The van der Waals surface area contributed by atoms with Crippen molar-refractivity contribution in [3.63, 3.8) is 0 Å². The molecule has 0 radical (unpaired) electrons. The molecule has 2 unspecified atom stereocenters. The van der Waals surface area contributed by atoms with Gasteiger partial charge < -0.3 is 15.7 Å². The van der Waals surface area contributed by atoms with Crippen molar-refractivity contribution in [3.8, 4) is 0 Å². The largest absolute Gasteiger partial charge is 0.481 e. The Labute approximate surface area is 132 Å². The molecule has 0 aliphatic heterocycles. The number of benzene rings is 1. The number of nitrogens with one attached hydrogen (secondary N) is 2. The normalized spacial score (nSPS) is 24.6. The first-order chi connectivity index (χ1) is 9.91. The summed E-state index contributed by atoms with van der Waals surface area (Å²) in [6.45, 7) is 2.10. The molecule has 2 amide bonds. The Morgan fingerprint density at radius 1 is 1.48 bits per heavy atom. The maximum absolute atomic E-state index is 11.9. The molecule has 114 valence electrons. The molecule has 1 fully saturated rings. The highest BCUT2D eigenvalue weighted by atomic mass is 79.9. The van der Waals surface area contributed by atoms with Crippen molar-refractivity contribution in [1.82, 2.24) is 10.6 Å². The van der Waals surface area contributed by atoms with E-state index < -0.39 is 11.4 Å². The fourth-order valence-electron chi connectivity index (χ4n) is 2.69. The van der Waals surface area contributed by atoms with Crippen LogP contribution in [0.1, 0.15) is 31.7 Å². The molecule has 1 aliphatic rings. The minimum Gasteiger partial charge on any atom is -0.481 e. The molecule has 0 aromatic heterocycles. The van der Waals surface area contributed by atoms with Gasteiger partial charge in [-0.1, -0.05) is 34.5 Å². The predicted octanol–water partition coefficient (Wildman–Crippen LogP) is 2.89. The second kappa shape index (κ2) is 6.47. The third-order valence-corrected chi connectivity index (χ3v) is 4.59. The van der Waals surface area contributed by atoms with Gasteiger partial charge in [-0.25, -0.2) is 4.79 Å². The number of aliphatic carboxylic acids is 1. The Balaban J connectivity index is 1.89. The van der Waals surface area contributed by atoms with Crippen LogP contribution in [0.4, 0.5) is 4.79 Å². The third kappa shape index (κ3) is 3.75. The number of carbonyl (C=O) groups is 2. The van der Waals surface area contributed by atoms with Crippen molar-refractivity contribution >= 4 is 27.9 Å². The van der Waals surface area contributed by atoms with Crippen LogP contribution in [0.2, 0.25) is 0 Å². The number of carboxylic acids is 1. The lowest BCUT2D eigenvalue weighted by Gasteiger charge is -2.27. The van der Waals surface area contributed by atoms with E-state index in [1.165, 1.54) is 0 Å². The van der Waals surface area contributed by atoms with Crippen LogP contribution in [0.5, 0.6) is 0 Å². The van der Waals surface area contributed by atoms with Gasteiger partial charge in [0.2, 0.25) is 0 Å². The van der Waals surface area contributed by atoms with Gasteiger partial charge in [-0.05, 0) is 37.5 Å². The van der Waals surface area contributed by atoms with E-state index in [4.69, 9.17) is 0 Å². The summed E-state index contributed by atoms with van der Waals surface area (Å²) < 4.78 is 0.955. The first kappa shape index (κ1) is 15.8. The van der Waals surface area contributed by atoms with Gasteiger partial charge in [0.25, 0.3) is 0 Å². The Kier molecular flexibility index (Phi) is 4.88. The quantitative estimate of drug-likeness (QED) is 0.777. The third-order valence-electron chi connectivity index (χ3n) is 4.09. The van der Waals surface area contributed by atoms with E-state index >= 15 is 0 Å². The lowest BCUT2D eigenvalue weighted by atomic mass is 9.85. The molecule has 0 bridgehead atoms. The van der Waals surface area contributed by atoms with Crippen LogP contribution in [0.3, 0.4) is 0 Å². The highest BCUT2D eigenvalue weighted by Crippen LogP contribution is 2.38. The lowest BCUT2D eigenvalue weighted by molar-refractivity contribution is -0.148. The average Bonchev–Trinajstić information content (AvgIpc) is 2.79. The molecule has 1 aromatic carbocycles. The number of rotatable bonds is 4. The number of hydrogen-bond acceptors (Lipinski definition) is 2. The summed E-state index contributed by atoms with van der Waals surface area (Å²) in [4.78, 5) is 23.3. The van der Waals surface area contributed by atoms with Crippen LogP contribution in [-0.2, 0) is 11.3 Å². The maximum atomic E-state index is 11.9. The van der Waals surface area contributed by atoms with Gasteiger partial charge in [0.05, 0.1) is 5.41 Å². The zero-order valence-electron chi connectivity index (χ0n) is 11.9. The molecule has 6 heteroatoms. The summed E-state index contributed by atoms with van der Waals surface area (Å²) in [5.41, 5.74) is 0.111. The van der Waals surface area contributed by atoms with Crippen molar-refractivity contribution < 1.29 is 14.7 Å². The first-order valence-electron chi connectivity index (χ1n) is 6.94. The van der Waals surface area contributed by atoms with Crippen LogP contribution in [0.15, 0.2) is 28.7 Å². The molecule has 2 atom stereocenters. The van der Waals surface area contributed by atoms with Crippen LogP contribution in [0, 0.1) is 5.41 Å². The number of hydrogen-bond donors (Lipinski definition) is 3. The molecule has 0 heterocycles. The lowest BCUT2D eigenvalue weighted by Crippen LogP contribution is -2.50. The molecule has 5 nitrogen and oxygen atoms in total. The topological polar surface area (TPSA) is 78.4 Å². The summed E-state index contributed by atoms with van der Waals surface area (Å²) in [5.74, 6) is -0.850. The van der Waals surface area contributed by atoms with Crippen molar-refractivity contribution in [2.45, 2.75) is 38.8 Å². The van der Waals surface area contributed by atoms with E-state index in [1.807, 2.05) is 24.3 Å². The van der Waals surface area contributed by atoms with Crippen LogP contribution in [-0.4, -0.2) is 23.1 Å². The van der Waals surface area contributed by atoms with Crippen LogP contribution in [0.25, 0.3) is 0 Å². The Hall–Kier alpha value is -1.56. The van der Waals surface area contributed by atoms with Gasteiger partial charge in [0.15, 0.2) is 0 Å². The smallest absolute Gasteiger partial charge is 0.315 e. The van der Waals surface area contributed by atoms with Gasteiger partial charge in [0.1, 0.15) is 0 Å². The first-order valence-corrected chi connectivity index (χ1v) is 7.73. The van der Waals surface area contributed by atoms with E-state index in [0.29, 0.717) is 19.4 Å². The zero-order valence-corrected chi connectivity index (χ0v) is 13.4. The van der Waals surface area contributed by atoms with E-state index in [0.717, 1.165) is 16.5 Å². The molecular weight excluding hydrogens is 336 g/mol. The van der Waals surface area contributed by atoms with Gasteiger partial charge in [-0.15, -0.1) is 0 Å². The van der Waals surface area contributed by atoms with Gasteiger partial charge in [-0.2, -0.15) is 0 Å². The molecule has 21 heavy (non-hydrogen) atoms. The van der Waals surface area contributed by atoms with E-state index in [9.17, 15) is 14.7 Å². The maximum Gasteiger partial charge on any atom is 0.315 e. The summed E-state index contributed by atoms with van der Waals surface area (Å²) in [7, 11) is 0. The highest BCUT2D eigenvalue weighted by Gasteiger charge is 2.45. The Morgan fingerprint density at radius 2 is 2.24 bits per heavy atom. The summed E-state index contributed by atoms with van der Waals surface area (Å²) in [6, 6.07) is 7.02. The Bertz CT molecular complexity index is 549. The fraction of sp³-hybridized carbons (Fsp3) is 0.467. The van der Waals surface area contributed by atoms with E-state index in [-0.39, 0.29) is 12.1 Å². The standard InChI is InChI=1S/C15H19BrN2O3/c1-15(13(19)20)7-3-6-12(15)18-14(21)17-9-10-4-2-5-11(16)8-10/h2,4-5,8,12H,3,6-7,9H2,1H3,(H,19,20)(H2,17,18,21). The average molecular weight is 355 g/mol. The molecule has 1 aromatic rings. The predicted molar refractivity (Wildman–Crippen MR) is 82.9 cm³/mol. The van der Waals surface area contributed by atoms with Crippen molar-refractivity contribution in [2.24, 2.45) is 5.41 Å². The molecule has 1 saturated carbocycles. The van der Waals surface area contributed by atoms with Crippen LogP contribution >= 0.6 is 15.9 Å². The molecule has 2 rings (SSSR count). The number of carboxylic acid groups (broad SMARTS) is 1.